The Morgan fingerprint density at radius 2 is 1.08 bits per heavy atom. The quantitative estimate of drug-likeness (QED) is 0.229. The van der Waals surface area contributed by atoms with Crippen LogP contribution < -0.4 is 21.2 Å². The fourth-order valence-corrected chi connectivity index (χ4v) is 1.50. The second-order valence-corrected chi connectivity index (χ2v) is 4.21. The first-order valence-electron chi connectivity index (χ1n) is 6.19. The number of allylic oxidation sites excluding steroid dienone is 4. The number of ketones is 2. The van der Waals surface area contributed by atoms with Crippen LogP contribution in [0.1, 0.15) is 0 Å². The van der Waals surface area contributed by atoms with Crippen molar-refractivity contribution in [1.29, 1.82) is 0 Å². The summed E-state index contributed by atoms with van der Waals surface area (Å²) in [6.45, 7) is 0. The maximum Gasteiger partial charge on any atom is 2.00 e. The monoisotopic (exact) mass is 399 g/mol. The molecule has 0 aromatic carbocycles. The first-order valence-corrected chi connectivity index (χ1v) is 6.19. The molecule has 0 atom stereocenters. The molecule has 2 aliphatic rings. The van der Waals surface area contributed by atoms with Crippen molar-refractivity contribution in [2.45, 2.75) is 0 Å². The van der Waals surface area contributed by atoms with Crippen LogP contribution in [-0.2, 0) is 26.7 Å². The van der Waals surface area contributed by atoms with Crippen LogP contribution in [0.4, 0.5) is 0 Å². The van der Waals surface area contributed by atoms with Crippen molar-refractivity contribution < 1.29 is 57.5 Å². The van der Waals surface area contributed by atoms with Crippen LogP contribution >= 0.6 is 0 Å². The second-order valence-electron chi connectivity index (χ2n) is 4.21. The van der Waals surface area contributed by atoms with E-state index in [0.29, 0.717) is 0 Å². The Labute approximate surface area is 151 Å². The molecule has 0 unspecified atom stereocenters. The summed E-state index contributed by atoms with van der Waals surface area (Å²) in [6, 6.07) is 0. The van der Waals surface area contributed by atoms with Crippen molar-refractivity contribution in [3.63, 3.8) is 0 Å². The number of hydrogen-bond donors (Lipinski definition) is 6. The van der Waals surface area contributed by atoms with Gasteiger partial charge < -0.3 is 20.4 Å². The van der Waals surface area contributed by atoms with Crippen molar-refractivity contribution >= 4 is 11.6 Å². The maximum atomic E-state index is 10.9. The molecule has 0 spiro atoms. The predicted octanol–water partition coefficient (Wildman–Crippen LogP) is -1.77. The Kier molecular flexibility index (Phi) is 8.81. The first-order chi connectivity index (χ1) is 11.3. The molecule has 0 amide bonds. The third kappa shape index (κ3) is 5.55. The standard InChI is InChI=1S/2C7H7NO4.Cu/c2*9-5-2-1-4(3-8-12)6(10)7(5)11;/h2*1-3,8,10-12H;/q;;+2/p-2/b2*4-3-;. The molecule has 0 bridgehead atoms. The predicted molar refractivity (Wildman–Crippen MR) is 73.6 cm³/mol. The molecule has 0 saturated carbocycles. The van der Waals surface area contributed by atoms with Crippen molar-refractivity contribution in [3.8, 4) is 0 Å². The zero-order valence-electron chi connectivity index (χ0n) is 12.2. The molecule has 11 heteroatoms. The molecule has 25 heavy (non-hydrogen) atoms. The largest absolute Gasteiger partial charge is 2.00 e. The average molecular weight is 400 g/mol. The van der Waals surface area contributed by atoms with Gasteiger partial charge in [-0.25, -0.2) is 0 Å². The summed E-state index contributed by atoms with van der Waals surface area (Å²) in [4.78, 5) is 21.3. The molecule has 0 aliphatic heterocycles. The van der Waals surface area contributed by atoms with E-state index in [1.807, 2.05) is 0 Å². The van der Waals surface area contributed by atoms with E-state index in [4.69, 9.17) is 20.6 Å². The zero-order chi connectivity index (χ0) is 18.3. The normalized spacial score (nSPS) is 19.6. The summed E-state index contributed by atoms with van der Waals surface area (Å²) >= 11 is 0. The molecular formula is C14H12CuN2O8. The number of aliphatic hydroxyl groups is 2. The Balaban J connectivity index is 0.000000443. The van der Waals surface area contributed by atoms with E-state index in [-0.39, 0.29) is 28.2 Å². The van der Waals surface area contributed by atoms with Gasteiger partial charge in [0.2, 0.25) is 11.6 Å². The minimum Gasteiger partial charge on any atom is -0.869 e. The smallest absolute Gasteiger partial charge is 0.869 e. The third-order valence-corrected chi connectivity index (χ3v) is 2.69. The average Bonchev–Trinajstić information content (AvgIpc) is 2.57. The Morgan fingerprint density at radius 3 is 1.36 bits per heavy atom. The summed E-state index contributed by atoms with van der Waals surface area (Å²) in [7, 11) is 0. The minimum atomic E-state index is -0.834. The van der Waals surface area contributed by atoms with Gasteiger partial charge in [0.1, 0.15) is 0 Å². The third-order valence-electron chi connectivity index (χ3n) is 2.69. The van der Waals surface area contributed by atoms with Crippen LogP contribution in [0, 0.1) is 0 Å². The number of aliphatic hydroxyl groups excluding tert-OH is 2. The molecule has 2 rings (SSSR count). The minimum absolute atomic E-state index is 0. The molecule has 0 aromatic heterocycles. The van der Waals surface area contributed by atoms with Gasteiger partial charge in [-0.05, 0) is 35.5 Å². The number of rotatable bonds is 2. The van der Waals surface area contributed by atoms with Gasteiger partial charge in [0.25, 0.3) is 0 Å². The fraction of sp³-hybridized carbons (Fsp3) is 0. The van der Waals surface area contributed by atoms with Crippen LogP contribution in [0.25, 0.3) is 0 Å². The molecule has 0 heterocycles. The van der Waals surface area contributed by atoms with Crippen molar-refractivity contribution in [3.05, 3.63) is 70.9 Å². The van der Waals surface area contributed by atoms with Crippen molar-refractivity contribution in [2.75, 3.05) is 0 Å². The number of carbonyl (C=O) groups is 2. The van der Waals surface area contributed by atoms with E-state index < -0.39 is 34.6 Å². The summed E-state index contributed by atoms with van der Waals surface area (Å²) < 4.78 is 0. The van der Waals surface area contributed by atoms with Crippen LogP contribution in [0.3, 0.4) is 0 Å². The Hall–Kier alpha value is -2.98. The number of carbonyl (C=O) groups excluding carboxylic acids is 2. The van der Waals surface area contributed by atoms with Crippen LogP contribution in [-0.4, -0.2) is 32.2 Å². The molecule has 0 saturated heterocycles. The van der Waals surface area contributed by atoms with Crippen LogP contribution in [0.15, 0.2) is 70.9 Å². The summed E-state index contributed by atoms with van der Waals surface area (Å²) in [5.41, 5.74) is 3.31. The van der Waals surface area contributed by atoms with Gasteiger partial charge in [-0.3, -0.25) is 31.0 Å². The summed E-state index contributed by atoms with van der Waals surface area (Å²) in [5, 5.41) is 56.0. The Morgan fingerprint density at radius 1 is 0.760 bits per heavy atom. The van der Waals surface area contributed by atoms with E-state index >= 15 is 0 Å². The zero-order valence-corrected chi connectivity index (χ0v) is 13.1. The van der Waals surface area contributed by atoms with Gasteiger partial charge in [0.05, 0.1) is 0 Å². The molecule has 6 N–H and O–H groups in total. The van der Waals surface area contributed by atoms with Gasteiger partial charge >= 0.3 is 17.1 Å². The van der Waals surface area contributed by atoms with E-state index in [9.17, 15) is 19.8 Å². The molecule has 0 aromatic rings. The SMILES string of the molecule is O=C1C=C/C(=C/NO)C([O-])=C1O.O=C1C=C/C(=C/NO)C([O-])=C1O.[Cu+2]. The van der Waals surface area contributed by atoms with Crippen molar-refractivity contribution in [1.82, 2.24) is 11.0 Å². The first kappa shape index (κ1) is 22.0. The molecule has 2 aliphatic carbocycles. The number of hydrogen-bond acceptors (Lipinski definition) is 10. The van der Waals surface area contributed by atoms with E-state index in [0.717, 1.165) is 24.6 Å². The summed E-state index contributed by atoms with van der Waals surface area (Å²) in [6.07, 6.45) is 6.43. The van der Waals surface area contributed by atoms with E-state index in [1.165, 1.54) is 12.2 Å². The van der Waals surface area contributed by atoms with Gasteiger partial charge in [0.15, 0.2) is 11.5 Å². The Bertz CT molecular complexity index is 669. The van der Waals surface area contributed by atoms with Gasteiger partial charge in [-0.15, -0.1) is 0 Å². The molecule has 137 valence electrons. The molecule has 1 radical (unpaired) electrons. The van der Waals surface area contributed by atoms with Gasteiger partial charge in [0, 0.05) is 12.4 Å². The topological polar surface area (TPSA) is 185 Å². The van der Waals surface area contributed by atoms with Crippen molar-refractivity contribution in [2.24, 2.45) is 0 Å². The summed E-state index contributed by atoms with van der Waals surface area (Å²) in [5.74, 6) is -4.73. The number of hydroxylamine groups is 2. The fourth-order valence-electron chi connectivity index (χ4n) is 1.50. The molecule has 10 nitrogen and oxygen atoms in total. The van der Waals surface area contributed by atoms with Crippen LogP contribution in [0.2, 0.25) is 0 Å². The molecular weight excluding hydrogens is 388 g/mol. The van der Waals surface area contributed by atoms with E-state index in [1.54, 1.807) is 11.0 Å². The van der Waals surface area contributed by atoms with Gasteiger partial charge in [-0.1, -0.05) is 11.5 Å². The van der Waals surface area contributed by atoms with E-state index in [2.05, 4.69) is 0 Å². The van der Waals surface area contributed by atoms with Crippen LogP contribution in [0.5, 0.6) is 0 Å². The molecule has 0 fully saturated rings. The maximum absolute atomic E-state index is 10.9. The second kappa shape index (κ2) is 10.0. The number of nitrogens with one attached hydrogen (secondary N) is 2. The van der Waals surface area contributed by atoms with Gasteiger partial charge in [-0.2, -0.15) is 0 Å².